The second kappa shape index (κ2) is 11.0. The number of aliphatic carboxylic acids is 1. The predicted octanol–water partition coefficient (Wildman–Crippen LogP) is 7.55. The molecule has 0 aromatic heterocycles. The molecular weight excluding hydrogens is 552 g/mol. The molecule has 1 N–H and O–H groups in total. The van der Waals surface area contributed by atoms with Crippen molar-refractivity contribution in [1.82, 2.24) is 0 Å². The first kappa shape index (κ1) is 22.9. The molecule has 0 saturated heterocycles. The predicted molar refractivity (Wildman–Crippen MR) is 131 cm³/mol. The quantitative estimate of drug-likeness (QED) is 0.285. The fourth-order valence-electron chi connectivity index (χ4n) is 2.76. The highest BCUT2D eigenvalue weighted by Gasteiger charge is 2.08. The van der Waals surface area contributed by atoms with Crippen LogP contribution in [0.2, 0.25) is 5.02 Å². The van der Waals surface area contributed by atoms with Crippen molar-refractivity contribution in [2.75, 3.05) is 12.4 Å². The van der Waals surface area contributed by atoms with Gasteiger partial charge in [-0.3, -0.25) is 0 Å². The summed E-state index contributed by atoms with van der Waals surface area (Å²) >= 11 is 15.1. The van der Waals surface area contributed by atoms with Crippen LogP contribution in [0.15, 0.2) is 86.6 Å². The summed E-state index contributed by atoms with van der Waals surface area (Å²) in [6, 6.07) is 21.6. The first-order valence-corrected chi connectivity index (χ1v) is 11.9. The minimum absolute atomic E-state index is 0.395. The second-order valence-corrected chi connectivity index (χ2v) is 9.52. The van der Waals surface area contributed by atoms with E-state index in [4.69, 9.17) is 21.4 Å². The van der Waals surface area contributed by atoms with Gasteiger partial charge in [-0.25, -0.2) is 4.79 Å². The monoisotopic (exact) mass is 566 g/mol. The third-order valence-corrected chi connectivity index (χ3v) is 6.47. The fraction of sp³-hybridized carbons (Fsp3) is 0.0870. The number of ether oxygens (including phenoxy) is 1. The summed E-state index contributed by atoms with van der Waals surface area (Å²) in [6.07, 6.45) is 2.18. The maximum absolute atomic E-state index is 10.6. The zero-order valence-corrected chi connectivity index (χ0v) is 20.4. The molecule has 3 nitrogen and oxygen atoms in total. The lowest BCUT2D eigenvalue weighted by molar-refractivity contribution is -0.139. The van der Waals surface area contributed by atoms with Gasteiger partial charge >= 0.3 is 5.97 Å². The van der Waals surface area contributed by atoms with E-state index >= 15 is 0 Å². The number of benzene rings is 3. The van der Waals surface area contributed by atoms with Gasteiger partial charge in [0.25, 0.3) is 0 Å². The molecule has 3 rings (SSSR count). The highest BCUT2D eigenvalue weighted by molar-refractivity contribution is 9.10. The summed E-state index contributed by atoms with van der Waals surface area (Å²) in [5.74, 6) is 0.122. The molecule has 7 heteroatoms. The average molecular weight is 569 g/mol. The minimum atomic E-state index is -1.03. The van der Waals surface area contributed by atoms with Gasteiger partial charge in [-0.15, -0.1) is 11.8 Å². The smallest absolute Gasteiger partial charge is 0.341 e. The number of rotatable bonds is 8. The molecule has 0 amide bonds. The summed E-state index contributed by atoms with van der Waals surface area (Å²) in [5, 5.41) is 9.24. The van der Waals surface area contributed by atoms with Crippen molar-refractivity contribution >= 4 is 66.8 Å². The van der Waals surface area contributed by atoms with Gasteiger partial charge in [0.15, 0.2) is 6.61 Å². The van der Waals surface area contributed by atoms with Crippen LogP contribution in [-0.4, -0.2) is 23.4 Å². The molecule has 0 aliphatic heterocycles. The van der Waals surface area contributed by atoms with Gasteiger partial charge < -0.3 is 9.84 Å². The fourth-order valence-corrected chi connectivity index (χ4v) is 4.69. The Balaban J connectivity index is 1.80. The summed E-state index contributed by atoms with van der Waals surface area (Å²) < 4.78 is 7.21. The molecule has 0 aliphatic rings. The van der Waals surface area contributed by atoms with Crippen LogP contribution < -0.4 is 4.74 Å². The zero-order chi connectivity index (χ0) is 21.5. The Morgan fingerprint density at radius 1 is 1.00 bits per heavy atom. The van der Waals surface area contributed by atoms with Crippen molar-refractivity contribution in [2.45, 2.75) is 4.90 Å². The molecule has 30 heavy (non-hydrogen) atoms. The van der Waals surface area contributed by atoms with Crippen molar-refractivity contribution in [3.05, 3.63) is 97.9 Å². The Morgan fingerprint density at radius 3 is 2.17 bits per heavy atom. The number of carboxylic acid groups (broad SMARTS) is 1. The standard InChI is InChI=1S/C23H17Br2ClO3S/c24-17-5-1-3-15(11-17)20(16-4-2-6-18(25)12-16)9-10-30-22-8-7-19(13-21(22)26)29-14-23(27)28/h1-9,11-13H,10,14H2,(H,27,28). The van der Waals surface area contributed by atoms with E-state index in [2.05, 4.69) is 62.2 Å². The average Bonchev–Trinajstić information content (AvgIpc) is 2.71. The van der Waals surface area contributed by atoms with Gasteiger partial charge in [0.1, 0.15) is 5.75 Å². The van der Waals surface area contributed by atoms with E-state index in [9.17, 15) is 4.79 Å². The number of hydrogen-bond acceptors (Lipinski definition) is 3. The van der Waals surface area contributed by atoms with E-state index in [-0.39, 0.29) is 0 Å². The lowest BCUT2D eigenvalue weighted by Crippen LogP contribution is -2.09. The molecule has 0 heterocycles. The number of carboxylic acids is 1. The van der Waals surface area contributed by atoms with Crippen molar-refractivity contribution < 1.29 is 14.6 Å². The summed E-state index contributed by atoms with van der Waals surface area (Å²) in [5.41, 5.74) is 3.36. The zero-order valence-electron chi connectivity index (χ0n) is 15.6. The molecule has 154 valence electrons. The van der Waals surface area contributed by atoms with Gasteiger partial charge in [-0.1, -0.05) is 73.8 Å². The highest BCUT2D eigenvalue weighted by atomic mass is 79.9. The minimum Gasteiger partial charge on any atom is -0.482 e. The normalized spacial score (nSPS) is 10.5. The largest absolute Gasteiger partial charge is 0.482 e. The van der Waals surface area contributed by atoms with Crippen LogP contribution in [0, 0.1) is 0 Å². The summed E-state index contributed by atoms with van der Waals surface area (Å²) in [4.78, 5) is 11.5. The molecule has 0 fully saturated rings. The lowest BCUT2D eigenvalue weighted by atomic mass is 9.98. The van der Waals surface area contributed by atoms with Crippen LogP contribution in [0.1, 0.15) is 11.1 Å². The van der Waals surface area contributed by atoms with Gasteiger partial charge in [-0.05, 0) is 59.2 Å². The molecule has 0 unspecified atom stereocenters. The third-order valence-electron chi connectivity index (χ3n) is 4.06. The topological polar surface area (TPSA) is 46.5 Å². The Labute approximate surface area is 201 Å². The van der Waals surface area contributed by atoms with Crippen molar-refractivity contribution in [3.8, 4) is 5.75 Å². The number of hydrogen-bond donors (Lipinski definition) is 1. The SMILES string of the molecule is O=C(O)COc1ccc(SCC=C(c2cccc(Br)c2)c2cccc(Br)c2)c(Cl)c1. The number of halogens is 3. The van der Waals surface area contributed by atoms with Crippen molar-refractivity contribution in [1.29, 1.82) is 0 Å². The maximum Gasteiger partial charge on any atom is 0.341 e. The van der Waals surface area contributed by atoms with Crippen LogP contribution in [0.4, 0.5) is 0 Å². The molecular formula is C23H17Br2ClO3S. The van der Waals surface area contributed by atoms with Gasteiger partial charge in [0.05, 0.1) is 5.02 Å². The van der Waals surface area contributed by atoms with Gasteiger partial charge in [-0.2, -0.15) is 0 Å². The van der Waals surface area contributed by atoms with Crippen LogP contribution >= 0.6 is 55.2 Å². The Kier molecular flexibility index (Phi) is 8.45. The maximum atomic E-state index is 10.6. The van der Waals surface area contributed by atoms with Crippen molar-refractivity contribution in [2.24, 2.45) is 0 Å². The molecule has 0 bridgehead atoms. The van der Waals surface area contributed by atoms with Crippen LogP contribution in [-0.2, 0) is 4.79 Å². The first-order chi connectivity index (χ1) is 14.4. The summed E-state index contributed by atoms with van der Waals surface area (Å²) in [7, 11) is 0. The van der Waals surface area contributed by atoms with Gasteiger partial charge in [0, 0.05) is 19.6 Å². The first-order valence-electron chi connectivity index (χ1n) is 8.91. The summed E-state index contributed by atoms with van der Waals surface area (Å²) in [6.45, 7) is -0.395. The van der Waals surface area contributed by atoms with Crippen molar-refractivity contribution in [3.63, 3.8) is 0 Å². The highest BCUT2D eigenvalue weighted by Crippen LogP contribution is 2.33. The number of thioether (sulfide) groups is 1. The van der Waals surface area contributed by atoms with Crippen LogP contribution in [0.5, 0.6) is 5.75 Å². The van der Waals surface area contributed by atoms with E-state index in [1.54, 1.807) is 23.9 Å². The molecule has 3 aromatic carbocycles. The Bertz CT molecular complexity index is 1040. The van der Waals surface area contributed by atoms with Crippen LogP contribution in [0.25, 0.3) is 5.57 Å². The van der Waals surface area contributed by atoms with E-state index in [0.717, 1.165) is 30.5 Å². The number of carbonyl (C=O) groups is 1. The van der Waals surface area contributed by atoms with E-state index in [0.29, 0.717) is 16.5 Å². The molecule has 0 atom stereocenters. The molecule has 0 aliphatic carbocycles. The Hall–Kier alpha value is -1.73. The second-order valence-electron chi connectivity index (χ2n) is 6.22. The van der Waals surface area contributed by atoms with Crippen LogP contribution in [0.3, 0.4) is 0 Å². The molecule has 3 aromatic rings. The van der Waals surface area contributed by atoms with E-state index in [1.165, 1.54) is 0 Å². The van der Waals surface area contributed by atoms with E-state index < -0.39 is 12.6 Å². The van der Waals surface area contributed by atoms with Gasteiger partial charge in [0.2, 0.25) is 0 Å². The molecule has 0 saturated carbocycles. The molecule has 0 radical (unpaired) electrons. The third kappa shape index (κ3) is 6.64. The lowest BCUT2D eigenvalue weighted by Gasteiger charge is -2.11. The van der Waals surface area contributed by atoms with E-state index in [1.807, 2.05) is 30.3 Å². The Morgan fingerprint density at radius 2 is 1.63 bits per heavy atom. The molecule has 0 spiro atoms.